The van der Waals surface area contributed by atoms with Crippen molar-refractivity contribution < 1.29 is 14.3 Å². The largest absolute Gasteiger partial charge is 0.360 e. The summed E-state index contributed by atoms with van der Waals surface area (Å²) in [7, 11) is -1.14. The lowest BCUT2D eigenvalue weighted by atomic mass is 10.1. The topological polar surface area (TPSA) is 103 Å². The molecule has 1 aliphatic carbocycles. The number of carbonyl (C=O) groups excluding carboxylic acids is 2. The molecule has 2 amide bonds. The van der Waals surface area contributed by atoms with Gasteiger partial charge >= 0.3 is 0 Å². The lowest BCUT2D eigenvalue weighted by Crippen LogP contribution is -2.25. The minimum absolute atomic E-state index is 0.0912. The van der Waals surface area contributed by atoms with Crippen LogP contribution in [0, 0.1) is 0 Å². The third-order valence-electron chi connectivity index (χ3n) is 7.11. The predicted molar refractivity (Wildman–Crippen MR) is 167 cm³/mol. The van der Waals surface area contributed by atoms with E-state index in [0.29, 0.717) is 43.5 Å². The third-order valence-corrected chi connectivity index (χ3v) is 8.81. The van der Waals surface area contributed by atoms with E-state index in [9.17, 15) is 9.59 Å². The molecule has 0 radical (unpaired) electrons. The highest BCUT2D eigenvalue weighted by Gasteiger charge is 2.23. The van der Waals surface area contributed by atoms with Crippen LogP contribution >= 0.6 is 0 Å². The Balaban J connectivity index is 1.25. The first-order valence-corrected chi connectivity index (χ1v) is 18.4. The standard InChI is InChI=1S/C32H40N6O3Si/c1-42(2,3)18-17-41-23-37-21-26(20-33-37)24-9-7-10-25(19-24)31(40)36-32-35-28(11-8-14-30(39)34-27-15-16-27)22-38(32)29-12-5-4-6-13-29/h4-7,9-10,12-13,19-22,27H,8,11,14-18,23H2,1-3H3,(H,34,39)(H,35,36,40). The maximum absolute atomic E-state index is 13.4. The number of amides is 2. The Morgan fingerprint density at radius 2 is 1.83 bits per heavy atom. The highest BCUT2D eigenvalue weighted by molar-refractivity contribution is 6.76. The summed E-state index contributed by atoms with van der Waals surface area (Å²) >= 11 is 0. The molecule has 1 fully saturated rings. The van der Waals surface area contributed by atoms with Gasteiger partial charge in [0.25, 0.3) is 5.91 Å². The zero-order valence-electron chi connectivity index (χ0n) is 24.7. The summed E-state index contributed by atoms with van der Waals surface area (Å²) in [6, 6.07) is 18.7. The first kappa shape index (κ1) is 29.5. The molecule has 220 valence electrons. The quantitative estimate of drug-likeness (QED) is 0.142. The Kier molecular flexibility index (Phi) is 9.34. The van der Waals surface area contributed by atoms with Gasteiger partial charge < -0.3 is 10.1 Å². The molecule has 1 saturated carbocycles. The van der Waals surface area contributed by atoms with E-state index < -0.39 is 8.07 Å². The molecule has 9 nitrogen and oxygen atoms in total. The van der Waals surface area contributed by atoms with Crippen LogP contribution in [0.2, 0.25) is 25.7 Å². The molecule has 0 bridgehead atoms. The summed E-state index contributed by atoms with van der Waals surface area (Å²) in [5.74, 6) is 0.280. The molecule has 1 aliphatic rings. The number of ether oxygens (including phenoxy) is 1. The summed E-state index contributed by atoms with van der Waals surface area (Å²) in [6.45, 7) is 8.13. The number of hydrogen-bond acceptors (Lipinski definition) is 5. The fourth-order valence-electron chi connectivity index (χ4n) is 4.51. The van der Waals surface area contributed by atoms with Crippen molar-refractivity contribution in [2.75, 3.05) is 11.9 Å². The van der Waals surface area contributed by atoms with Crippen LogP contribution < -0.4 is 10.6 Å². The summed E-state index contributed by atoms with van der Waals surface area (Å²) in [6.07, 6.45) is 9.61. The first-order valence-electron chi connectivity index (χ1n) is 14.7. The molecule has 0 spiro atoms. The van der Waals surface area contributed by atoms with Gasteiger partial charge in [0.05, 0.1) is 11.9 Å². The van der Waals surface area contributed by atoms with Crippen LogP contribution in [0.15, 0.2) is 73.2 Å². The van der Waals surface area contributed by atoms with Crippen molar-refractivity contribution in [3.8, 4) is 16.8 Å². The van der Waals surface area contributed by atoms with E-state index in [2.05, 4.69) is 35.4 Å². The number of aromatic nitrogens is 4. The number of anilines is 1. The van der Waals surface area contributed by atoms with Gasteiger partial charge in [-0.15, -0.1) is 0 Å². The molecular weight excluding hydrogens is 544 g/mol. The summed E-state index contributed by atoms with van der Waals surface area (Å²) < 4.78 is 9.48. The molecule has 2 aromatic carbocycles. The zero-order chi connectivity index (χ0) is 29.5. The fraction of sp³-hybridized carbons (Fsp3) is 0.375. The maximum atomic E-state index is 13.4. The molecule has 2 N–H and O–H groups in total. The van der Waals surface area contributed by atoms with Gasteiger partial charge in [0.2, 0.25) is 11.9 Å². The average molecular weight is 585 g/mol. The molecule has 0 unspecified atom stereocenters. The van der Waals surface area contributed by atoms with E-state index in [0.717, 1.165) is 48.0 Å². The lowest BCUT2D eigenvalue weighted by Gasteiger charge is -2.15. The van der Waals surface area contributed by atoms with Crippen LogP contribution in [0.3, 0.4) is 0 Å². The van der Waals surface area contributed by atoms with Gasteiger partial charge in [-0.05, 0) is 61.6 Å². The molecular formula is C32H40N6O3Si. The predicted octanol–water partition coefficient (Wildman–Crippen LogP) is 5.90. The van der Waals surface area contributed by atoms with Crippen molar-refractivity contribution in [3.63, 3.8) is 0 Å². The third kappa shape index (κ3) is 8.50. The minimum Gasteiger partial charge on any atom is -0.360 e. The zero-order valence-corrected chi connectivity index (χ0v) is 25.7. The Hall–Kier alpha value is -4.02. The first-order chi connectivity index (χ1) is 20.2. The Morgan fingerprint density at radius 1 is 1.02 bits per heavy atom. The number of hydrogen-bond donors (Lipinski definition) is 2. The molecule has 2 aromatic heterocycles. The van der Waals surface area contributed by atoms with Crippen molar-refractivity contribution in [2.24, 2.45) is 0 Å². The molecule has 2 heterocycles. The van der Waals surface area contributed by atoms with E-state index in [1.54, 1.807) is 16.9 Å². The maximum Gasteiger partial charge on any atom is 0.258 e. The number of nitrogens with zero attached hydrogens (tertiary/aromatic N) is 4. The summed E-state index contributed by atoms with van der Waals surface area (Å²) in [5, 5.41) is 10.5. The van der Waals surface area contributed by atoms with E-state index in [1.165, 1.54) is 0 Å². The summed E-state index contributed by atoms with van der Waals surface area (Å²) in [4.78, 5) is 30.2. The lowest BCUT2D eigenvalue weighted by molar-refractivity contribution is -0.121. The van der Waals surface area contributed by atoms with E-state index >= 15 is 0 Å². The Bertz CT molecular complexity index is 1500. The Morgan fingerprint density at radius 3 is 2.60 bits per heavy atom. The second kappa shape index (κ2) is 13.3. The molecule has 42 heavy (non-hydrogen) atoms. The van der Waals surface area contributed by atoms with Crippen molar-refractivity contribution in [1.82, 2.24) is 24.6 Å². The second-order valence-corrected chi connectivity index (χ2v) is 17.7. The van der Waals surface area contributed by atoms with Gasteiger partial charge in [0.15, 0.2) is 0 Å². The van der Waals surface area contributed by atoms with Crippen LogP contribution in [0.5, 0.6) is 0 Å². The van der Waals surface area contributed by atoms with Crippen LogP contribution in [0.25, 0.3) is 16.8 Å². The van der Waals surface area contributed by atoms with Crippen molar-refractivity contribution in [3.05, 3.63) is 84.4 Å². The van der Waals surface area contributed by atoms with Crippen LogP contribution in [0.4, 0.5) is 5.95 Å². The van der Waals surface area contributed by atoms with Gasteiger partial charge in [-0.1, -0.05) is 50.0 Å². The summed E-state index contributed by atoms with van der Waals surface area (Å²) in [5.41, 5.74) is 4.05. The number of rotatable bonds is 14. The average Bonchev–Trinajstić information content (AvgIpc) is 3.49. The van der Waals surface area contributed by atoms with Crippen LogP contribution in [0.1, 0.15) is 41.7 Å². The van der Waals surface area contributed by atoms with Crippen molar-refractivity contribution >= 4 is 25.8 Å². The fourth-order valence-corrected chi connectivity index (χ4v) is 5.27. The van der Waals surface area contributed by atoms with Gasteiger partial charge in [-0.3, -0.25) is 19.5 Å². The van der Waals surface area contributed by atoms with Gasteiger partial charge in [-0.2, -0.15) is 5.10 Å². The molecule has 0 atom stereocenters. The molecule has 4 aromatic rings. The minimum atomic E-state index is -1.14. The smallest absolute Gasteiger partial charge is 0.258 e. The normalized spacial score (nSPS) is 13.2. The highest BCUT2D eigenvalue weighted by atomic mass is 28.3. The molecule has 5 rings (SSSR count). The number of carbonyl (C=O) groups is 2. The number of para-hydroxylation sites is 1. The number of nitrogens with one attached hydrogen (secondary N) is 2. The van der Waals surface area contributed by atoms with Crippen molar-refractivity contribution in [1.29, 1.82) is 0 Å². The van der Waals surface area contributed by atoms with Gasteiger partial charge in [0, 0.05) is 56.4 Å². The SMILES string of the molecule is C[Si](C)(C)CCOCn1cc(-c2cccc(C(=O)Nc3nc(CCCC(=O)NC4CC4)cn3-c3ccccc3)c2)cn1. The van der Waals surface area contributed by atoms with E-state index in [1.807, 2.05) is 65.5 Å². The van der Waals surface area contributed by atoms with Crippen LogP contribution in [-0.4, -0.2) is 51.9 Å². The molecule has 0 saturated heterocycles. The van der Waals surface area contributed by atoms with Gasteiger partial charge in [0.1, 0.15) is 6.73 Å². The monoisotopic (exact) mass is 584 g/mol. The van der Waals surface area contributed by atoms with E-state index in [4.69, 9.17) is 9.72 Å². The number of imidazole rings is 1. The van der Waals surface area contributed by atoms with E-state index in [-0.39, 0.29) is 11.8 Å². The van der Waals surface area contributed by atoms with Gasteiger partial charge in [-0.25, -0.2) is 9.67 Å². The van der Waals surface area contributed by atoms with Crippen LogP contribution in [-0.2, 0) is 22.7 Å². The number of benzene rings is 2. The molecule has 0 aliphatic heterocycles. The second-order valence-electron chi connectivity index (χ2n) is 12.1. The van der Waals surface area contributed by atoms with Crippen molar-refractivity contribution in [2.45, 2.75) is 70.6 Å². The highest BCUT2D eigenvalue weighted by Crippen LogP contribution is 2.23. The Labute approximate surface area is 248 Å². The number of aryl methyl sites for hydroxylation is 1. The molecule has 10 heteroatoms.